The van der Waals surface area contributed by atoms with Crippen molar-refractivity contribution in [2.45, 2.75) is 6.92 Å². The van der Waals surface area contributed by atoms with Gasteiger partial charge >= 0.3 is 0 Å². The number of nitrogens with one attached hydrogen (secondary N) is 1. The normalized spacial score (nSPS) is 10.2. The van der Waals surface area contributed by atoms with Crippen molar-refractivity contribution < 1.29 is 4.74 Å². The molecule has 18 heavy (non-hydrogen) atoms. The Kier molecular flexibility index (Phi) is 3.86. The molecule has 0 aliphatic carbocycles. The number of anilines is 1. The SMILES string of the molecule is Cc1ccc(Cl)c(Oc2nc(NN)ncc2Cl)c1. The van der Waals surface area contributed by atoms with E-state index in [0.717, 1.165) is 5.56 Å². The number of rotatable bonds is 3. The molecule has 0 aliphatic rings. The largest absolute Gasteiger partial charge is 0.436 e. The lowest BCUT2D eigenvalue weighted by Crippen LogP contribution is -2.10. The van der Waals surface area contributed by atoms with Crippen LogP contribution < -0.4 is 16.0 Å². The molecule has 0 spiro atoms. The van der Waals surface area contributed by atoms with Crippen LogP contribution in [-0.4, -0.2) is 9.97 Å². The Hall–Kier alpha value is -1.56. The van der Waals surface area contributed by atoms with E-state index >= 15 is 0 Å². The number of hydrogen-bond donors (Lipinski definition) is 2. The van der Waals surface area contributed by atoms with Gasteiger partial charge < -0.3 is 4.74 Å². The summed E-state index contributed by atoms with van der Waals surface area (Å²) in [6.45, 7) is 1.93. The Labute approximate surface area is 114 Å². The molecule has 94 valence electrons. The number of halogens is 2. The van der Waals surface area contributed by atoms with E-state index in [1.165, 1.54) is 6.20 Å². The first-order valence-electron chi connectivity index (χ1n) is 5.03. The van der Waals surface area contributed by atoms with E-state index in [9.17, 15) is 0 Å². The smallest absolute Gasteiger partial charge is 0.243 e. The summed E-state index contributed by atoms with van der Waals surface area (Å²) in [6, 6.07) is 5.41. The van der Waals surface area contributed by atoms with Gasteiger partial charge in [-0.15, -0.1) is 0 Å². The maximum atomic E-state index is 6.02. The molecule has 1 aromatic heterocycles. The molecule has 5 nitrogen and oxygen atoms in total. The summed E-state index contributed by atoms with van der Waals surface area (Å²) >= 11 is 12.0. The molecule has 2 rings (SSSR count). The molecule has 0 atom stereocenters. The summed E-state index contributed by atoms with van der Waals surface area (Å²) in [6.07, 6.45) is 1.39. The van der Waals surface area contributed by atoms with Crippen LogP contribution in [0.1, 0.15) is 5.56 Å². The predicted molar refractivity (Wildman–Crippen MR) is 71.1 cm³/mol. The number of aromatic nitrogens is 2. The van der Waals surface area contributed by atoms with Crippen LogP contribution in [0.4, 0.5) is 5.95 Å². The molecule has 0 bridgehead atoms. The van der Waals surface area contributed by atoms with Crippen molar-refractivity contribution in [3.05, 3.63) is 40.0 Å². The van der Waals surface area contributed by atoms with E-state index in [2.05, 4.69) is 15.4 Å². The third-order valence-corrected chi connectivity index (χ3v) is 2.71. The van der Waals surface area contributed by atoms with Gasteiger partial charge in [0.05, 0.1) is 11.2 Å². The van der Waals surface area contributed by atoms with Crippen LogP contribution in [-0.2, 0) is 0 Å². The van der Waals surface area contributed by atoms with E-state index < -0.39 is 0 Å². The standard InChI is InChI=1S/C11H10Cl2N4O/c1-6-2-3-7(12)9(4-6)18-10-8(13)5-15-11(16-10)17-14/h2-5H,14H2,1H3,(H,15,16,17). The first kappa shape index (κ1) is 12.9. The number of benzene rings is 1. The van der Waals surface area contributed by atoms with Crippen LogP contribution in [0, 0.1) is 6.92 Å². The van der Waals surface area contributed by atoms with Crippen molar-refractivity contribution in [3.63, 3.8) is 0 Å². The molecule has 0 aliphatic heterocycles. The Morgan fingerprint density at radius 2 is 2.06 bits per heavy atom. The number of aryl methyl sites for hydroxylation is 1. The fourth-order valence-electron chi connectivity index (χ4n) is 1.29. The van der Waals surface area contributed by atoms with Gasteiger partial charge in [-0.2, -0.15) is 4.98 Å². The van der Waals surface area contributed by atoms with Crippen LogP contribution in [0.5, 0.6) is 11.6 Å². The molecule has 0 amide bonds. The molecule has 0 fully saturated rings. The van der Waals surface area contributed by atoms with Gasteiger partial charge in [0.1, 0.15) is 10.8 Å². The highest BCUT2D eigenvalue weighted by Crippen LogP contribution is 2.32. The molecular weight excluding hydrogens is 275 g/mol. The molecule has 0 radical (unpaired) electrons. The van der Waals surface area contributed by atoms with Crippen LogP contribution in [0.3, 0.4) is 0 Å². The molecule has 0 saturated carbocycles. The van der Waals surface area contributed by atoms with Gasteiger partial charge in [-0.3, -0.25) is 5.43 Å². The number of hydrazine groups is 1. The van der Waals surface area contributed by atoms with Gasteiger partial charge in [0, 0.05) is 0 Å². The Morgan fingerprint density at radius 1 is 1.28 bits per heavy atom. The highest BCUT2D eigenvalue weighted by molar-refractivity contribution is 6.32. The van der Waals surface area contributed by atoms with Crippen LogP contribution in [0.15, 0.2) is 24.4 Å². The number of nitrogens with two attached hydrogens (primary N) is 1. The zero-order valence-corrected chi connectivity index (χ0v) is 11.0. The lowest BCUT2D eigenvalue weighted by molar-refractivity contribution is 0.462. The zero-order valence-electron chi connectivity index (χ0n) is 9.45. The highest BCUT2D eigenvalue weighted by atomic mass is 35.5. The Morgan fingerprint density at radius 3 is 2.78 bits per heavy atom. The number of ether oxygens (including phenoxy) is 1. The lowest BCUT2D eigenvalue weighted by atomic mass is 10.2. The Balaban J connectivity index is 2.36. The maximum Gasteiger partial charge on any atom is 0.243 e. The lowest BCUT2D eigenvalue weighted by Gasteiger charge is -2.09. The van der Waals surface area contributed by atoms with E-state index in [4.69, 9.17) is 33.8 Å². The predicted octanol–water partition coefficient (Wildman–Crippen LogP) is 3.17. The quantitative estimate of drug-likeness (QED) is 0.669. The molecule has 0 saturated heterocycles. The minimum absolute atomic E-state index is 0.187. The van der Waals surface area contributed by atoms with Crippen LogP contribution >= 0.6 is 23.2 Å². The van der Waals surface area contributed by atoms with Gasteiger partial charge in [0.2, 0.25) is 11.8 Å². The average molecular weight is 285 g/mol. The van der Waals surface area contributed by atoms with Gasteiger partial charge in [-0.1, -0.05) is 29.3 Å². The third-order valence-electron chi connectivity index (χ3n) is 2.13. The average Bonchev–Trinajstić information content (AvgIpc) is 2.36. The maximum absolute atomic E-state index is 6.02. The van der Waals surface area contributed by atoms with E-state index in [-0.39, 0.29) is 16.9 Å². The van der Waals surface area contributed by atoms with Gasteiger partial charge in [-0.25, -0.2) is 10.8 Å². The summed E-state index contributed by atoms with van der Waals surface area (Å²) in [7, 11) is 0. The van der Waals surface area contributed by atoms with Gasteiger partial charge in [-0.05, 0) is 24.6 Å². The summed E-state index contributed by atoms with van der Waals surface area (Å²) < 4.78 is 5.55. The first-order valence-corrected chi connectivity index (χ1v) is 5.79. The van der Waals surface area contributed by atoms with E-state index in [1.54, 1.807) is 12.1 Å². The summed E-state index contributed by atoms with van der Waals surface area (Å²) in [5.74, 6) is 6.08. The Bertz CT molecular complexity index is 577. The molecule has 0 unspecified atom stereocenters. The molecular formula is C11H10Cl2N4O. The van der Waals surface area contributed by atoms with Gasteiger partial charge in [0.25, 0.3) is 0 Å². The van der Waals surface area contributed by atoms with Crippen molar-refractivity contribution in [1.29, 1.82) is 0 Å². The van der Waals surface area contributed by atoms with Crippen LogP contribution in [0.2, 0.25) is 10.0 Å². The van der Waals surface area contributed by atoms with Crippen LogP contribution in [0.25, 0.3) is 0 Å². The van der Waals surface area contributed by atoms with Crippen molar-refractivity contribution in [3.8, 4) is 11.6 Å². The number of hydrogen-bond acceptors (Lipinski definition) is 5. The molecule has 7 heteroatoms. The monoisotopic (exact) mass is 284 g/mol. The summed E-state index contributed by atoms with van der Waals surface area (Å²) in [4.78, 5) is 7.84. The molecule has 2 aromatic rings. The second-order valence-corrected chi connectivity index (χ2v) is 4.34. The second kappa shape index (κ2) is 5.39. The first-order chi connectivity index (χ1) is 8.60. The van der Waals surface area contributed by atoms with E-state index in [0.29, 0.717) is 10.8 Å². The fraction of sp³-hybridized carbons (Fsp3) is 0.0909. The van der Waals surface area contributed by atoms with Crippen molar-refractivity contribution in [2.75, 3.05) is 5.43 Å². The fourth-order valence-corrected chi connectivity index (χ4v) is 1.57. The minimum Gasteiger partial charge on any atom is -0.436 e. The highest BCUT2D eigenvalue weighted by Gasteiger charge is 2.10. The summed E-state index contributed by atoms with van der Waals surface area (Å²) in [5, 5.41) is 0.740. The molecule has 1 aromatic carbocycles. The van der Waals surface area contributed by atoms with Crippen molar-refractivity contribution in [1.82, 2.24) is 9.97 Å². The third kappa shape index (κ3) is 2.81. The molecule has 3 N–H and O–H groups in total. The zero-order chi connectivity index (χ0) is 13.1. The van der Waals surface area contributed by atoms with E-state index in [1.807, 2.05) is 13.0 Å². The number of nitrogens with zero attached hydrogens (tertiary/aromatic N) is 2. The number of nitrogen functional groups attached to an aromatic ring is 1. The second-order valence-electron chi connectivity index (χ2n) is 3.53. The van der Waals surface area contributed by atoms with Gasteiger partial charge in [0.15, 0.2) is 0 Å². The van der Waals surface area contributed by atoms with Crippen molar-refractivity contribution in [2.24, 2.45) is 5.84 Å². The summed E-state index contributed by atoms with van der Waals surface area (Å²) in [5.41, 5.74) is 3.32. The topological polar surface area (TPSA) is 73.1 Å². The minimum atomic E-state index is 0.187. The molecule has 1 heterocycles. The van der Waals surface area contributed by atoms with Crippen molar-refractivity contribution >= 4 is 29.2 Å².